The van der Waals surface area contributed by atoms with E-state index in [2.05, 4.69) is 18.1 Å². The maximum Gasteiger partial charge on any atom is 0.116 e. The van der Waals surface area contributed by atoms with E-state index in [4.69, 9.17) is 4.84 Å². The van der Waals surface area contributed by atoms with Crippen molar-refractivity contribution in [2.45, 2.75) is 19.8 Å². The third-order valence-electron chi connectivity index (χ3n) is 1.54. The number of oxime groups is 1. The Labute approximate surface area is 79.2 Å². The first-order chi connectivity index (χ1) is 6.43. The molecule has 0 atom stereocenters. The molecule has 0 amide bonds. The fourth-order valence-corrected chi connectivity index (χ4v) is 0.897. The van der Waals surface area contributed by atoms with Crippen molar-refractivity contribution in [1.82, 2.24) is 0 Å². The summed E-state index contributed by atoms with van der Waals surface area (Å²) in [5, 5.41) is 3.82. The van der Waals surface area contributed by atoms with Crippen LogP contribution in [0.25, 0.3) is 0 Å². The zero-order chi connectivity index (χ0) is 9.36. The van der Waals surface area contributed by atoms with Gasteiger partial charge in [-0.3, -0.25) is 0 Å². The normalized spacial score (nSPS) is 10.5. The van der Waals surface area contributed by atoms with E-state index in [9.17, 15) is 0 Å². The van der Waals surface area contributed by atoms with Gasteiger partial charge in [0.15, 0.2) is 0 Å². The summed E-state index contributed by atoms with van der Waals surface area (Å²) in [6, 6.07) is 10.9. The van der Waals surface area contributed by atoms with Crippen LogP contribution in [0.15, 0.2) is 29.4 Å². The quantitative estimate of drug-likeness (QED) is 0.383. The Kier molecular flexibility index (Phi) is 4.69. The van der Waals surface area contributed by atoms with E-state index in [1.165, 1.54) is 5.56 Å². The minimum Gasteiger partial charge on any atom is -0.396 e. The molecule has 0 N–H and O–H groups in total. The molecule has 1 rings (SSSR count). The Hall–Kier alpha value is -1.31. The van der Waals surface area contributed by atoms with Crippen LogP contribution in [0.4, 0.5) is 0 Å². The summed E-state index contributed by atoms with van der Waals surface area (Å²) < 4.78 is 0. The van der Waals surface area contributed by atoms with Gasteiger partial charge in [-0.2, -0.15) is 0 Å². The van der Waals surface area contributed by atoms with E-state index in [-0.39, 0.29) is 0 Å². The first-order valence-electron chi connectivity index (χ1n) is 4.52. The molecule has 0 unspecified atom stereocenters. The molecule has 0 fully saturated rings. The van der Waals surface area contributed by atoms with Crippen LogP contribution in [-0.4, -0.2) is 12.8 Å². The summed E-state index contributed by atoms with van der Waals surface area (Å²) in [4.78, 5) is 4.96. The third-order valence-corrected chi connectivity index (χ3v) is 1.54. The van der Waals surface area contributed by atoms with Crippen molar-refractivity contribution in [3.05, 3.63) is 35.9 Å². The molecule has 0 aliphatic rings. The highest BCUT2D eigenvalue weighted by atomic mass is 16.6. The van der Waals surface area contributed by atoms with Gasteiger partial charge in [-0.05, 0) is 18.1 Å². The second kappa shape index (κ2) is 6.23. The minimum absolute atomic E-state index is 0.692. The van der Waals surface area contributed by atoms with Gasteiger partial charge < -0.3 is 4.84 Å². The van der Waals surface area contributed by atoms with Crippen molar-refractivity contribution in [3.63, 3.8) is 0 Å². The van der Waals surface area contributed by atoms with Gasteiger partial charge in [0.2, 0.25) is 0 Å². The Morgan fingerprint density at radius 1 is 1.62 bits per heavy atom. The molecule has 1 aromatic carbocycles. The molecule has 0 spiro atoms. The fraction of sp³-hybridized carbons (Fsp3) is 0.364. The Balaban J connectivity index is 2.23. The lowest BCUT2D eigenvalue weighted by molar-refractivity contribution is 0.146. The van der Waals surface area contributed by atoms with Crippen molar-refractivity contribution in [3.8, 4) is 0 Å². The second-order valence-electron chi connectivity index (χ2n) is 2.74. The molecule has 0 saturated heterocycles. The average Bonchev–Trinajstić information content (AvgIpc) is 2.19. The van der Waals surface area contributed by atoms with Gasteiger partial charge in [0, 0.05) is 12.6 Å². The van der Waals surface area contributed by atoms with Crippen LogP contribution in [0.5, 0.6) is 0 Å². The van der Waals surface area contributed by atoms with Gasteiger partial charge in [-0.1, -0.05) is 36.3 Å². The van der Waals surface area contributed by atoms with E-state index in [1.807, 2.05) is 24.3 Å². The summed E-state index contributed by atoms with van der Waals surface area (Å²) in [6.45, 7) is 2.75. The van der Waals surface area contributed by atoms with E-state index < -0.39 is 0 Å². The monoisotopic (exact) mass is 176 g/mol. The largest absolute Gasteiger partial charge is 0.396 e. The van der Waals surface area contributed by atoms with Crippen molar-refractivity contribution in [2.24, 2.45) is 5.16 Å². The molecular formula is C11H14NO. The second-order valence-corrected chi connectivity index (χ2v) is 2.74. The van der Waals surface area contributed by atoms with Crippen molar-refractivity contribution in [1.29, 1.82) is 0 Å². The van der Waals surface area contributed by atoms with Crippen LogP contribution in [0, 0.1) is 6.07 Å². The molecule has 0 aliphatic heterocycles. The maximum atomic E-state index is 4.96. The molecule has 69 valence electrons. The zero-order valence-corrected chi connectivity index (χ0v) is 7.86. The summed E-state index contributed by atoms with van der Waals surface area (Å²) in [5.74, 6) is 0. The first kappa shape index (κ1) is 9.78. The highest BCUT2D eigenvalue weighted by Gasteiger charge is 1.86. The van der Waals surface area contributed by atoms with Crippen LogP contribution < -0.4 is 0 Å². The van der Waals surface area contributed by atoms with Gasteiger partial charge in [-0.25, -0.2) is 0 Å². The molecule has 0 bridgehead atoms. The van der Waals surface area contributed by atoms with Crippen LogP contribution in [-0.2, 0) is 11.3 Å². The molecule has 0 heterocycles. The lowest BCUT2D eigenvalue weighted by Gasteiger charge is -1.94. The zero-order valence-electron chi connectivity index (χ0n) is 7.86. The SMILES string of the molecule is CCCON=CCc1c[c]ccc1. The van der Waals surface area contributed by atoms with Gasteiger partial charge in [0.05, 0.1) is 0 Å². The van der Waals surface area contributed by atoms with E-state index in [0.717, 1.165) is 12.8 Å². The number of benzene rings is 1. The number of rotatable bonds is 5. The standard InChI is InChI=1S/C11H14NO/c1-2-10-13-12-9-8-11-6-4-3-5-7-11/h3-4,6-7,9H,2,8,10H2,1H3. The molecule has 1 radical (unpaired) electrons. The average molecular weight is 176 g/mol. The van der Waals surface area contributed by atoms with Crippen molar-refractivity contribution < 1.29 is 4.84 Å². The minimum atomic E-state index is 0.692. The predicted octanol–water partition coefficient (Wildman–Crippen LogP) is 2.44. The van der Waals surface area contributed by atoms with Crippen LogP contribution in [0.2, 0.25) is 0 Å². The Morgan fingerprint density at radius 3 is 3.23 bits per heavy atom. The highest BCUT2D eigenvalue weighted by Crippen LogP contribution is 1.96. The highest BCUT2D eigenvalue weighted by molar-refractivity contribution is 5.60. The van der Waals surface area contributed by atoms with Crippen LogP contribution >= 0.6 is 0 Å². The number of nitrogens with zero attached hydrogens (tertiary/aromatic N) is 1. The van der Waals surface area contributed by atoms with Crippen molar-refractivity contribution >= 4 is 6.21 Å². The molecule has 0 saturated carbocycles. The molecule has 13 heavy (non-hydrogen) atoms. The van der Waals surface area contributed by atoms with Gasteiger partial charge in [-0.15, -0.1) is 0 Å². The number of hydrogen-bond acceptors (Lipinski definition) is 2. The Bertz CT molecular complexity index is 244. The molecular weight excluding hydrogens is 162 g/mol. The van der Waals surface area contributed by atoms with Crippen molar-refractivity contribution in [2.75, 3.05) is 6.61 Å². The van der Waals surface area contributed by atoms with Gasteiger partial charge in [0.1, 0.15) is 6.61 Å². The van der Waals surface area contributed by atoms with Gasteiger partial charge in [0.25, 0.3) is 0 Å². The fourth-order valence-electron chi connectivity index (χ4n) is 0.897. The maximum absolute atomic E-state index is 4.96. The lowest BCUT2D eigenvalue weighted by Crippen LogP contribution is -1.88. The Morgan fingerprint density at radius 2 is 2.54 bits per heavy atom. The lowest BCUT2D eigenvalue weighted by atomic mass is 10.2. The van der Waals surface area contributed by atoms with E-state index in [1.54, 1.807) is 6.21 Å². The smallest absolute Gasteiger partial charge is 0.116 e. The summed E-state index contributed by atoms with van der Waals surface area (Å²) in [5.41, 5.74) is 1.20. The molecule has 0 aliphatic carbocycles. The number of hydrogen-bond donors (Lipinski definition) is 0. The van der Waals surface area contributed by atoms with E-state index >= 15 is 0 Å². The molecule has 0 aromatic heterocycles. The molecule has 2 heteroatoms. The summed E-state index contributed by atoms with van der Waals surface area (Å²) in [7, 11) is 0. The molecule has 2 nitrogen and oxygen atoms in total. The van der Waals surface area contributed by atoms with Crippen LogP contribution in [0.3, 0.4) is 0 Å². The van der Waals surface area contributed by atoms with Gasteiger partial charge >= 0.3 is 0 Å². The topological polar surface area (TPSA) is 21.6 Å². The summed E-state index contributed by atoms with van der Waals surface area (Å²) in [6.07, 6.45) is 3.58. The predicted molar refractivity (Wildman–Crippen MR) is 53.7 cm³/mol. The van der Waals surface area contributed by atoms with Crippen LogP contribution in [0.1, 0.15) is 18.9 Å². The molecule has 1 aromatic rings. The first-order valence-corrected chi connectivity index (χ1v) is 4.52. The third kappa shape index (κ3) is 4.31. The van der Waals surface area contributed by atoms with E-state index in [0.29, 0.717) is 6.61 Å². The summed E-state index contributed by atoms with van der Waals surface area (Å²) >= 11 is 0.